The second kappa shape index (κ2) is 11.1. The molecule has 1 saturated carbocycles. The lowest BCUT2D eigenvalue weighted by molar-refractivity contribution is 0.231. The molecule has 1 aliphatic carbocycles. The lowest BCUT2D eigenvalue weighted by Gasteiger charge is -2.18. The van der Waals surface area contributed by atoms with E-state index in [0.717, 1.165) is 12.8 Å². The molecule has 13 heteroatoms. The Balaban J connectivity index is 0.00000320. The Labute approximate surface area is 234 Å². The summed E-state index contributed by atoms with van der Waals surface area (Å²) in [5, 5.41) is 3.61. The van der Waals surface area contributed by atoms with Crippen molar-refractivity contribution in [3.8, 4) is 11.5 Å². The maximum Gasteiger partial charge on any atom is 0.211 e. The van der Waals surface area contributed by atoms with E-state index < -0.39 is 15.8 Å². The average molecular weight is 636 g/mol. The van der Waals surface area contributed by atoms with Gasteiger partial charge in [0.1, 0.15) is 12.1 Å². The van der Waals surface area contributed by atoms with Crippen LogP contribution >= 0.6 is 39.9 Å². The van der Waals surface area contributed by atoms with Crippen molar-refractivity contribution in [2.75, 3.05) is 38.4 Å². The van der Waals surface area contributed by atoms with Crippen molar-refractivity contribution in [2.24, 2.45) is 17.8 Å². The number of hydrogen-bond donors (Lipinski definition) is 1. The summed E-state index contributed by atoms with van der Waals surface area (Å²) in [6.07, 6.45) is 4.54. The summed E-state index contributed by atoms with van der Waals surface area (Å²) in [5.74, 6) is 1.97. The predicted octanol–water partition coefficient (Wildman–Crippen LogP) is 5.66. The van der Waals surface area contributed by atoms with Gasteiger partial charge >= 0.3 is 0 Å². The molecule has 0 bridgehead atoms. The molecule has 0 spiro atoms. The van der Waals surface area contributed by atoms with Crippen LogP contribution in [-0.4, -0.2) is 55.8 Å². The number of halogens is 4. The zero-order valence-electron chi connectivity index (χ0n) is 20.1. The first-order chi connectivity index (χ1) is 17.1. The minimum Gasteiger partial charge on any atom is -0.493 e. The van der Waals surface area contributed by atoms with E-state index >= 15 is 0 Å². The van der Waals surface area contributed by atoms with E-state index in [-0.39, 0.29) is 23.1 Å². The summed E-state index contributed by atoms with van der Waals surface area (Å²) < 4.78 is 52.1. The molecule has 2 heterocycles. The van der Waals surface area contributed by atoms with Crippen LogP contribution in [0.1, 0.15) is 12.8 Å². The Hall–Kier alpha value is -1.92. The van der Waals surface area contributed by atoms with E-state index in [1.165, 1.54) is 12.6 Å². The molecule has 1 unspecified atom stereocenters. The van der Waals surface area contributed by atoms with Crippen molar-refractivity contribution < 1.29 is 22.3 Å². The SMILES string of the molecule is COc1cc2c(Nc3ccc(Br)c(Cl)c3F)ncnc2cc1OCC1C[C@@H]2CN(S(C)(=O)=O)C[C@@H]2C1.Cl. The van der Waals surface area contributed by atoms with Crippen LogP contribution in [0, 0.1) is 23.6 Å². The van der Waals surface area contributed by atoms with Gasteiger partial charge in [-0.25, -0.2) is 27.1 Å². The number of fused-ring (bicyclic) bond motifs is 2. The first-order valence-electron chi connectivity index (χ1n) is 11.4. The molecule has 2 aromatic carbocycles. The molecule has 0 radical (unpaired) electrons. The summed E-state index contributed by atoms with van der Waals surface area (Å²) in [6, 6.07) is 6.77. The summed E-state index contributed by atoms with van der Waals surface area (Å²) in [4.78, 5) is 8.63. The fourth-order valence-electron chi connectivity index (χ4n) is 5.18. The van der Waals surface area contributed by atoms with Crippen molar-refractivity contribution in [3.63, 3.8) is 0 Å². The van der Waals surface area contributed by atoms with E-state index in [1.807, 2.05) is 0 Å². The molecular formula is C24H26BrCl2FN4O4S. The van der Waals surface area contributed by atoms with Crippen LogP contribution in [0.2, 0.25) is 5.02 Å². The maximum atomic E-state index is 14.6. The van der Waals surface area contributed by atoms with E-state index in [9.17, 15) is 12.8 Å². The van der Waals surface area contributed by atoms with Gasteiger partial charge in [-0.05, 0) is 64.7 Å². The largest absolute Gasteiger partial charge is 0.493 e. The van der Waals surface area contributed by atoms with Crippen molar-refractivity contribution >= 4 is 72.4 Å². The van der Waals surface area contributed by atoms with E-state index in [2.05, 4.69) is 31.2 Å². The van der Waals surface area contributed by atoms with Crippen molar-refractivity contribution in [2.45, 2.75) is 12.8 Å². The fourth-order valence-corrected chi connectivity index (χ4v) is 6.58. The van der Waals surface area contributed by atoms with E-state index in [0.29, 0.717) is 70.1 Å². The Morgan fingerprint density at radius 3 is 2.54 bits per heavy atom. The molecule has 8 nitrogen and oxygen atoms in total. The fraction of sp³-hybridized carbons (Fsp3) is 0.417. The van der Waals surface area contributed by atoms with Gasteiger partial charge in [0.2, 0.25) is 10.0 Å². The molecule has 200 valence electrons. The summed E-state index contributed by atoms with van der Waals surface area (Å²) in [6.45, 7) is 1.69. The van der Waals surface area contributed by atoms with Crippen LogP contribution in [0.4, 0.5) is 15.9 Å². The Bertz CT molecular complexity index is 1420. The highest BCUT2D eigenvalue weighted by atomic mass is 79.9. The van der Waals surface area contributed by atoms with Crippen LogP contribution in [-0.2, 0) is 10.0 Å². The number of nitrogens with one attached hydrogen (secondary N) is 1. The number of methoxy groups -OCH3 is 1. The average Bonchev–Trinajstić information content (AvgIpc) is 3.42. The van der Waals surface area contributed by atoms with Crippen LogP contribution in [0.25, 0.3) is 10.9 Å². The molecule has 1 aromatic heterocycles. The minimum absolute atomic E-state index is 0. The maximum absolute atomic E-state index is 14.6. The number of nitrogens with zero attached hydrogens (tertiary/aromatic N) is 3. The number of rotatable bonds is 7. The molecule has 5 rings (SSSR count). The van der Waals surface area contributed by atoms with Gasteiger partial charge in [-0.2, -0.15) is 0 Å². The molecule has 3 aromatic rings. The van der Waals surface area contributed by atoms with Crippen LogP contribution in [0.15, 0.2) is 35.1 Å². The van der Waals surface area contributed by atoms with Gasteiger partial charge in [-0.3, -0.25) is 0 Å². The van der Waals surface area contributed by atoms with Gasteiger partial charge in [0.15, 0.2) is 17.3 Å². The lowest BCUT2D eigenvalue weighted by Crippen LogP contribution is -2.29. The molecule has 2 aliphatic rings. The Morgan fingerprint density at radius 2 is 1.89 bits per heavy atom. The normalized spacial score (nSPS) is 21.5. The van der Waals surface area contributed by atoms with Crippen LogP contribution in [0.5, 0.6) is 11.5 Å². The van der Waals surface area contributed by atoms with Crippen molar-refractivity contribution in [1.82, 2.24) is 14.3 Å². The number of anilines is 2. The summed E-state index contributed by atoms with van der Waals surface area (Å²) >= 11 is 9.24. The summed E-state index contributed by atoms with van der Waals surface area (Å²) in [7, 11) is -1.58. The first-order valence-corrected chi connectivity index (χ1v) is 14.5. The highest BCUT2D eigenvalue weighted by Crippen LogP contribution is 2.43. The smallest absolute Gasteiger partial charge is 0.211 e. The molecule has 3 atom stereocenters. The molecular weight excluding hydrogens is 610 g/mol. The number of benzene rings is 2. The molecule has 1 aliphatic heterocycles. The second-order valence-corrected chi connectivity index (χ2v) is 12.6. The molecule has 1 saturated heterocycles. The first kappa shape index (κ1) is 28.1. The third-order valence-corrected chi connectivity index (χ3v) is 9.46. The van der Waals surface area contributed by atoms with Crippen LogP contribution in [0.3, 0.4) is 0 Å². The van der Waals surface area contributed by atoms with Gasteiger partial charge in [0.25, 0.3) is 0 Å². The van der Waals surface area contributed by atoms with Crippen LogP contribution < -0.4 is 14.8 Å². The van der Waals surface area contributed by atoms with Gasteiger partial charge in [-0.15, -0.1) is 12.4 Å². The number of hydrogen-bond acceptors (Lipinski definition) is 7. The highest BCUT2D eigenvalue weighted by molar-refractivity contribution is 9.10. The van der Waals surface area contributed by atoms with Gasteiger partial charge < -0.3 is 14.8 Å². The number of aromatic nitrogens is 2. The third kappa shape index (κ3) is 5.75. The monoisotopic (exact) mass is 634 g/mol. The Kier molecular flexibility index (Phi) is 8.40. The number of ether oxygens (including phenoxy) is 2. The topological polar surface area (TPSA) is 93.7 Å². The van der Waals surface area contributed by atoms with Gasteiger partial charge in [-0.1, -0.05) is 11.6 Å². The molecule has 0 amide bonds. The van der Waals surface area contributed by atoms with Crippen molar-refractivity contribution in [3.05, 3.63) is 45.9 Å². The van der Waals surface area contributed by atoms with Gasteiger partial charge in [0, 0.05) is 29.0 Å². The molecule has 37 heavy (non-hydrogen) atoms. The zero-order chi connectivity index (χ0) is 25.6. The zero-order valence-corrected chi connectivity index (χ0v) is 24.1. The second-order valence-electron chi connectivity index (χ2n) is 9.34. The standard InChI is InChI=1S/C24H25BrClFN4O4S.ClH/c1-34-20-7-16-19(28-12-29-24(16)30-18-4-3-17(25)22(26)23(18)27)8-21(20)35-11-13-5-14-9-31(36(2,32)33)10-15(14)6-13;/h3-4,7-8,12-15H,5-6,9-11H2,1-2H3,(H,28,29,30);1H/t13?,14-,15+;. The highest BCUT2D eigenvalue weighted by Gasteiger charge is 2.43. The predicted molar refractivity (Wildman–Crippen MR) is 147 cm³/mol. The lowest BCUT2D eigenvalue weighted by atomic mass is 10.0. The van der Waals surface area contributed by atoms with E-state index in [1.54, 1.807) is 35.7 Å². The summed E-state index contributed by atoms with van der Waals surface area (Å²) in [5.41, 5.74) is 0.794. The molecule has 1 N–H and O–H groups in total. The minimum atomic E-state index is -3.14. The quantitative estimate of drug-likeness (QED) is 0.335. The number of sulfonamides is 1. The van der Waals surface area contributed by atoms with Gasteiger partial charge in [0.05, 0.1) is 36.2 Å². The molecule has 2 fully saturated rings. The Morgan fingerprint density at radius 1 is 1.19 bits per heavy atom. The third-order valence-electron chi connectivity index (χ3n) is 6.97. The van der Waals surface area contributed by atoms with E-state index in [4.69, 9.17) is 21.1 Å². The van der Waals surface area contributed by atoms with Crippen molar-refractivity contribution in [1.29, 1.82) is 0 Å².